The highest BCUT2D eigenvalue weighted by Gasteiger charge is 2.53. The molecule has 3 N–H and O–H groups in total. The summed E-state index contributed by atoms with van der Waals surface area (Å²) < 4.78 is 38.1. The van der Waals surface area contributed by atoms with E-state index in [0.29, 0.717) is 5.02 Å². The Hall–Kier alpha value is -2.05. The lowest BCUT2D eigenvalue weighted by Gasteiger charge is -2.28. The molecule has 4 rings (SSSR count). The highest BCUT2D eigenvalue weighted by molar-refractivity contribution is 7.71. The number of nitrogens with zero attached hydrogens (tertiary/aromatic N) is 1. The summed E-state index contributed by atoms with van der Waals surface area (Å²) in [6.45, 7) is 2.48. The maximum absolute atomic E-state index is 13.9. The molecule has 1 aromatic carbocycles. The summed E-state index contributed by atoms with van der Waals surface area (Å²) in [7, 11) is -4.03. The van der Waals surface area contributed by atoms with Gasteiger partial charge in [0.1, 0.15) is 29.7 Å². The van der Waals surface area contributed by atoms with E-state index in [9.17, 15) is 24.4 Å². The summed E-state index contributed by atoms with van der Waals surface area (Å²) >= 11 is 11.1. The van der Waals surface area contributed by atoms with Gasteiger partial charge in [-0.25, -0.2) is 4.57 Å². The molecule has 1 aliphatic heterocycles. The van der Waals surface area contributed by atoms with Gasteiger partial charge in [0, 0.05) is 17.3 Å². The van der Waals surface area contributed by atoms with Gasteiger partial charge in [-0.2, -0.15) is 0 Å². The lowest BCUT2D eigenvalue weighted by molar-refractivity contribution is -0.152. The van der Waals surface area contributed by atoms with Gasteiger partial charge < -0.3 is 24.2 Å². The Bertz CT molecular complexity index is 1330. The number of benzene rings is 1. The standard InChI is InChI=1S/C25H32ClN2O9PS/c1-15(22(31)35-17-5-3-4-6-17)14-38(33,37-18-9-7-16(26)8-10-18)34-13-19-21(30)25(2,32)23(36-19)28-12-11-20(29)27-24(28)39/h7-12,15,17,19,21,23,30,32H,3-6,13-14H2,1-2H3,(H,27,29,39)/t15-,19-,21+,23-,25?,38?/m1/s1. The van der Waals surface area contributed by atoms with E-state index in [-0.39, 0.29) is 22.8 Å². The zero-order chi connectivity index (χ0) is 28.4. The van der Waals surface area contributed by atoms with Gasteiger partial charge in [-0.15, -0.1) is 0 Å². The molecule has 14 heteroatoms. The van der Waals surface area contributed by atoms with Crippen LogP contribution in [-0.2, 0) is 23.4 Å². The van der Waals surface area contributed by atoms with E-state index >= 15 is 0 Å². The summed E-state index contributed by atoms with van der Waals surface area (Å²) in [5.74, 6) is -1.11. The molecule has 11 nitrogen and oxygen atoms in total. The van der Waals surface area contributed by atoms with Gasteiger partial charge in [0.15, 0.2) is 11.0 Å². The monoisotopic (exact) mass is 602 g/mol. The number of aliphatic hydroxyl groups is 2. The molecule has 0 radical (unpaired) electrons. The SMILES string of the molecule is C[C@H](CP(=O)(OC[C@H]1O[C@@H](n2ccc(=O)[nH]c2=S)C(C)(O)[C@H]1O)Oc1ccc(Cl)cc1)C(=O)OC1CCCC1. The molecule has 39 heavy (non-hydrogen) atoms. The Kier molecular flexibility index (Phi) is 9.37. The molecule has 2 aliphatic rings. The first-order chi connectivity index (χ1) is 18.4. The quantitative estimate of drug-likeness (QED) is 0.207. The summed E-state index contributed by atoms with van der Waals surface area (Å²) in [5.41, 5.74) is -2.28. The van der Waals surface area contributed by atoms with Gasteiger partial charge in [0.05, 0.1) is 18.7 Å². The summed E-state index contributed by atoms with van der Waals surface area (Å²) in [6, 6.07) is 7.33. The van der Waals surface area contributed by atoms with Crippen LogP contribution >= 0.6 is 31.4 Å². The van der Waals surface area contributed by atoms with Crippen molar-refractivity contribution in [2.45, 2.75) is 69.7 Å². The Labute approximate surface area is 235 Å². The van der Waals surface area contributed by atoms with Gasteiger partial charge in [-0.05, 0) is 69.1 Å². The molecule has 0 bridgehead atoms. The second kappa shape index (κ2) is 12.2. The molecule has 1 aliphatic carbocycles. The summed E-state index contributed by atoms with van der Waals surface area (Å²) in [4.78, 5) is 26.7. The zero-order valence-electron chi connectivity index (χ0n) is 21.5. The van der Waals surface area contributed by atoms with E-state index in [0.717, 1.165) is 25.7 Å². The van der Waals surface area contributed by atoms with Crippen molar-refractivity contribution in [2.75, 3.05) is 12.8 Å². The third kappa shape index (κ3) is 7.18. The normalized spacial score (nSPS) is 27.7. The zero-order valence-corrected chi connectivity index (χ0v) is 24.0. The fourth-order valence-electron chi connectivity index (χ4n) is 4.65. The maximum atomic E-state index is 13.9. The predicted octanol–water partition coefficient (Wildman–Crippen LogP) is 3.98. The van der Waals surface area contributed by atoms with Crippen molar-refractivity contribution in [3.05, 3.63) is 56.7 Å². The number of nitrogens with one attached hydrogen (secondary N) is 1. The van der Waals surface area contributed by atoms with Crippen LogP contribution in [0.1, 0.15) is 45.8 Å². The Morgan fingerprint density at radius 1 is 1.31 bits per heavy atom. The van der Waals surface area contributed by atoms with Gasteiger partial charge in [0.2, 0.25) is 0 Å². The first-order valence-electron chi connectivity index (χ1n) is 12.6. The highest BCUT2D eigenvalue weighted by atomic mass is 35.5. The van der Waals surface area contributed by atoms with Crippen molar-refractivity contribution >= 4 is 37.4 Å². The molecule has 2 heterocycles. The average Bonchev–Trinajstić information content (AvgIpc) is 3.46. The number of ether oxygens (including phenoxy) is 2. The van der Waals surface area contributed by atoms with E-state index in [1.54, 1.807) is 19.1 Å². The molecule has 2 fully saturated rings. The summed E-state index contributed by atoms with van der Waals surface area (Å²) in [6.07, 6.45) is 0.652. The van der Waals surface area contributed by atoms with Crippen molar-refractivity contribution in [3.63, 3.8) is 0 Å². The number of carbonyl (C=O) groups excluding carboxylic acids is 1. The predicted molar refractivity (Wildman–Crippen MR) is 144 cm³/mol. The van der Waals surface area contributed by atoms with Crippen LogP contribution in [0, 0.1) is 10.7 Å². The Balaban J connectivity index is 1.50. The van der Waals surface area contributed by atoms with Crippen molar-refractivity contribution in [1.82, 2.24) is 9.55 Å². The van der Waals surface area contributed by atoms with Crippen LogP contribution in [0.15, 0.2) is 41.3 Å². The van der Waals surface area contributed by atoms with Crippen molar-refractivity contribution in [2.24, 2.45) is 5.92 Å². The summed E-state index contributed by atoms with van der Waals surface area (Å²) in [5, 5.41) is 22.3. The molecule has 2 unspecified atom stereocenters. The number of H-pyrrole nitrogens is 1. The Morgan fingerprint density at radius 2 is 1.97 bits per heavy atom. The third-order valence-corrected chi connectivity index (χ3v) is 9.43. The van der Waals surface area contributed by atoms with Gasteiger partial charge in [-0.3, -0.25) is 23.7 Å². The largest absolute Gasteiger partial charge is 0.462 e. The number of esters is 1. The maximum Gasteiger partial charge on any atom is 0.380 e. The van der Waals surface area contributed by atoms with E-state index in [2.05, 4.69) is 4.98 Å². The van der Waals surface area contributed by atoms with Crippen LogP contribution < -0.4 is 10.1 Å². The second-order valence-corrected chi connectivity index (χ2v) is 12.9. The van der Waals surface area contributed by atoms with Crippen molar-refractivity contribution in [3.8, 4) is 5.75 Å². The van der Waals surface area contributed by atoms with Crippen LogP contribution in [0.2, 0.25) is 5.02 Å². The van der Waals surface area contributed by atoms with E-state index in [1.165, 1.54) is 35.9 Å². The number of carbonyl (C=O) groups is 1. The van der Waals surface area contributed by atoms with Crippen LogP contribution in [0.25, 0.3) is 0 Å². The molecule has 6 atom stereocenters. The number of aromatic amines is 1. The third-order valence-electron chi connectivity index (χ3n) is 6.84. The van der Waals surface area contributed by atoms with Crippen LogP contribution in [-0.4, -0.2) is 62.4 Å². The number of aromatic nitrogens is 2. The second-order valence-electron chi connectivity index (χ2n) is 10.1. The van der Waals surface area contributed by atoms with Crippen molar-refractivity contribution in [1.29, 1.82) is 0 Å². The lowest BCUT2D eigenvalue weighted by Crippen LogP contribution is -2.44. The van der Waals surface area contributed by atoms with Gasteiger partial charge >= 0.3 is 13.6 Å². The van der Waals surface area contributed by atoms with Crippen LogP contribution in [0.4, 0.5) is 0 Å². The lowest BCUT2D eigenvalue weighted by atomic mass is 9.96. The molecule has 0 spiro atoms. The fraction of sp³-hybridized carbons (Fsp3) is 0.560. The molecule has 0 amide bonds. The van der Waals surface area contributed by atoms with E-state index < -0.39 is 55.7 Å². The fourth-order valence-corrected chi connectivity index (χ4v) is 6.90. The van der Waals surface area contributed by atoms with Crippen LogP contribution in [0.5, 0.6) is 5.75 Å². The minimum Gasteiger partial charge on any atom is -0.462 e. The smallest absolute Gasteiger partial charge is 0.380 e. The number of halogens is 1. The number of hydrogen-bond acceptors (Lipinski definition) is 10. The molecule has 1 aromatic heterocycles. The first-order valence-corrected chi connectivity index (χ1v) is 15.2. The Morgan fingerprint density at radius 3 is 2.62 bits per heavy atom. The topological polar surface area (TPSA) is 149 Å². The molecule has 1 saturated carbocycles. The number of rotatable bonds is 10. The minimum atomic E-state index is -4.03. The van der Waals surface area contributed by atoms with Gasteiger partial charge in [0.25, 0.3) is 5.56 Å². The van der Waals surface area contributed by atoms with E-state index in [1.807, 2.05) is 0 Å². The minimum absolute atomic E-state index is 0.0205. The highest BCUT2D eigenvalue weighted by Crippen LogP contribution is 2.51. The van der Waals surface area contributed by atoms with Crippen LogP contribution in [0.3, 0.4) is 0 Å². The van der Waals surface area contributed by atoms with Crippen molar-refractivity contribution < 1.29 is 38.1 Å². The molecule has 214 valence electrons. The molecular weight excluding hydrogens is 571 g/mol. The molecule has 1 saturated heterocycles. The van der Waals surface area contributed by atoms with Gasteiger partial charge in [-0.1, -0.05) is 18.5 Å². The van der Waals surface area contributed by atoms with E-state index in [4.69, 9.17) is 42.3 Å². The molecule has 2 aromatic rings. The molecular formula is C25H32ClN2O9PS. The first kappa shape index (κ1) is 29.9. The average molecular weight is 603 g/mol. The number of hydrogen-bond donors (Lipinski definition) is 3. The number of aliphatic hydroxyl groups excluding tert-OH is 1.